The van der Waals surface area contributed by atoms with Crippen molar-refractivity contribution in [1.82, 2.24) is 0 Å². The maximum atomic E-state index is 11.1. The Morgan fingerprint density at radius 2 is 1.94 bits per heavy atom. The maximum absolute atomic E-state index is 11.1. The minimum atomic E-state index is -0.740. The molecule has 0 fully saturated rings. The van der Waals surface area contributed by atoms with E-state index in [1.54, 1.807) is 0 Å². The number of hydrogen-bond donors (Lipinski definition) is 2. The molecule has 0 aliphatic rings. The summed E-state index contributed by atoms with van der Waals surface area (Å²) in [6.45, 7) is 1.90. The van der Waals surface area contributed by atoms with Crippen LogP contribution in [0.15, 0.2) is 6.07 Å². The molecule has 1 radical (unpaired) electrons. The molecule has 3 N–H and O–H groups in total. The standard InChI is InChI=1S/C11H12I3NO2.Na/c1-2-5(11(16)17)3-6-7(12)4-8(13)10(15)9(6)14;/h4-5H,2-3,15H2,1H3,(H,16,17);. The molecule has 1 rings (SSSR count). The first-order valence-corrected chi connectivity index (χ1v) is 8.26. The quantitative estimate of drug-likeness (QED) is 0.320. The van der Waals surface area contributed by atoms with Crippen molar-refractivity contribution in [2.75, 3.05) is 5.73 Å². The molecule has 0 spiro atoms. The second kappa shape index (κ2) is 8.85. The zero-order chi connectivity index (χ0) is 13.2. The summed E-state index contributed by atoms with van der Waals surface area (Å²) in [6.07, 6.45) is 1.18. The van der Waals surface area contributed by atoms with Crippen LogP contribution in [-0.4, -0.2) is 40.6 Å². The molecule has 0 bridgehead atoms. The van der Waals surface area contributed by atoms with Crippen molar-refractivity contribution < 1.29 is 9.90 Å². The average molecular weight is 594 g/mol. The zero-order valence-corrected chi connectivity index (χ0v) is 18.6. The summed E-state index contributed by atoms with van der Waals surface area (Å²) in [5.41, 5.74) is 7.78. The Labute approximate surface area is 170 Å². The monoisotopic (exact) mass is 594 g/mol. The van der Waals surface area contributed by atoms with Gasteiger partial charge in [-0.3, -0.25) is 4.79 Å². The van der Waals surface area contributed by atoms with Crippen LogP contribution in [0.1, 0.15) is 18.9 Å². The molecule has 0 saturated carbocycles. The van der Waals surface area contributed by atoms with Gasteiger partial charge in [0.2, 0.25) is 0 Å². The van der Waals surface area contributed by atoms with Gasteiger partial charge in [-0.2, -0.15) is 0 Å². The zero-order valence-electron chi connectivity index (χ0n) is 10.1. The second-order valence-electron chi connectivity index (χ2n) is 3.69. The summed E-state index contributed by atoms with van der Waals surface area (Å²) in [5.74, 6) is -1.08. The van der Waals surface area contributed by atoms with E-state index >= 15 is 0 Å². The van der Waals surface area contributed by atoms with Crippen molar-refractivity contribution in [3.8, 4) is 0 Å². The summed E-state index contributed by atoms with van der Waals surface area (Å²) in [7, 11) is 0. The van der Waals surface area contributed by atoms with E-state index in [0.29, 0.717) is 12.8 Å². The number of carboxylic acids is 1. The molecule has 0 amide bonds. The van der Waals surface area contributed by atoms with Crippen molar-refractivity contribution in [3.63, 3.8) is 0 Å². The molecule has 1 unspecified atom stereocenters. The molecule has 3 nitrogen and oxygen atoms in total. The Kier molecular flexibility index (Phi) is 9.68. The summed E-state index contributed by atoms with van der Waals surface area (Å²) in [5, 5.41) is 9.10. The Bertz CT molecular complexity index is 454. The third kappa shape index (κ3) is 4.90. The first kappa shape index (κ1) is 19.7. The van der Waals surface area contributed by atoms with Crippen LogP contribution in [0.2, 0.25) is 0 Å². The Morgan fingerprint density at radius 1 is 1.39 bits per heavy atom. The van der Waals surface area contributed by atoms with E-state index < -0.39 is 5.97 Å². The Morgan fingerprint density at radius 3 is 2.39 bits per heavy atom. The van der Waals surface area contributed by atoms with Gasteiger partial charge in [-0.25, -0.2) is 0 Å². The second-order valence-corrected chi connectivity index (χ2v) is 7.10. The SMILES string of the molecule is CCC(Cc1c(I)cc(I)c(N)c1I)C(=O)O.[Na]. The van der Waals surface area contributed by atoms with Gasteiger partial charge in [-0.05, 0) is 92.2 Å². The summed E-state index contributed by atoms with van der Waals surface area (Å²) >= 11 is 6.64. The molecule has 1 atom stereocenters. The fourth-order valence-electron chi connectivity index (χ4n) is 1.49. The molecule has 7 heteroatoms. The van der Waals surface area contributed by atoms with Gasteiger partial charge in [0, 0.05) is 40.3 Å². The number of rotatable bonds is 4. The smallest absolute Gasteiger partial charge is 0.306 e. The predicted molar refractivity (Wildman–Crippen MR) is 99.9 cm³/mol. The van der Waals surface area contributed by atoms with Crippen molar-refractivity contribution in [1.29, 1.82) is 0 Å². The van der Waals surface area contributed by atoms with Crippen molar-refractivity contribution in [2.45, 2.75) is 19.8 Å². The number of halogens is 3. The summed E-state index contributed by atoms with van der Waals surface area (Å²) in [4.78, 5) is 11.1. The molecule has 1 aromatic carbocycles. The third-order valence-corrected chi connectivity index (χ3v) is 5.68. The normalized spacial score (nSPS) is 11.8. The van der Waals surface area contributed by atoms with E-state index in [1.165, 1.54) is 0 Å². The van der Waals surface area contributed by atoms with Gasteiger partial charge in [0.25, 0.3) is 0 Å². The molecule has 0 saturated heterocycles. The fourth-order valence-corrected chi connectivity index (χ4v) is 5.30. The van der Waals surface area contributed by atoms with Crippen molar-refractivity contribution in [2.24, 2.45) is 5.92 Å². The van der Waals surface area contributed by atoms with E-state index in [4.69, 9.17) is 10.8 Å². The van der Waals surface area contributed by atoms with Crippen LogP contribution in [0, 0.1) is 16.6 Å². The van der Waals surface area contributed by atoms with Crippen molar-refractivity contribution in [3.05, 3.63) is 22.3 Å². The van der Waals surface area contributed by atoms with Crippen LogP contribution < -0.4 is 5.73 Å². The fraction of sp³-hybridized carbons (Fsp3) is 0.364. The third-order valence-electron chi connectivity index (χ3n) is 2.59. The Hall–Kier alpha value is 1.68. The molecule has 1 aromatic rings. The topological polar surface area (TPSA) is 63.3 Å². The minimum Gasteiger partial charge on any atom is -0.481 e. The molecular formula is C11H12I3NNaO2. The molecule has 0 aromatic heterocycles. The largest absolute Gasteiger partial charge is 0.481 e. The van der Waals surface area contributed by atoms with Gasteiger partial charge in [-0.1, -0.05) is 6.92 Å². The van der Waals surface area contributed by atoms with Crippen LogP contribution in [0.3, 0.4) is 0 Å². The van der Waals surface area contributed by atoms with Crippen LogP contribution in [0.25, 0.3) is 0 Å². The number of hydrogen-bond acceptors (Lipinski definition) is 2. The summed E-state index contributed by atoms with van der Waals surface area (Å²) in [6, 6.07) is 2.00. The number of benzene rings is 1. The van der Waals surface area contributed by atoms with E-state index in [0.717, 1.165) is 22.0 Å². The number of aliphatic carboxylic acids is 1. The number of nitrogen functional groups attached to an aromatic ring is 1. The first-order valence-electron chi connectivity index (χ1n) is 5.03. The molecule has 95 valence electrons. The molecule has 0 heterocycles. The van der Waals surface area contributed by atoms with E-state index in [1.807, 2.05) is 13.0 Å². The number of carboxylic acid groups (broad SMARTS) is 1. The van der Waals surface area contributed by atoms with Gasteiger partial charge >= 0.3 is 5.97 Å². The first-order chi connectivity index (χ1) is 7.88. The molecule has 0 aliphatic heterocycles. The van der Waals surface area contributed by atoms with Crippen LogP contribution in [-0.2, 0) is 11.2 Å². The minimum absolute atomic E-state index is 0. The van der Waals surface area contributed by atoms with E-state index in [9.17, 15) is 4.79 Å². The number of anilines is 1. The van der Waals surface area contributed by atoms with E-state index in [-0.39, 0.29) is 35.5 Å². The van der Waals surface area contributed by atoms with Gasteiger partial charge in [0.1, 0.15) is 0 Å². The molecule has 18 heavy (non-hydrogen) atoms. The van der Waals surface area contributed by atoms with Crippen LogP contribution in [0.4, 0.5) is 5.69 Å². The van der Waals surface area contributed by atoms with Crippen LogP contribution >= 0.6 is 67.8 Å². The predicted octanol–water partition coefficient (Wildman–Crippen LogP) is 3.36. The average Bonchev–Trinajstić information content (AvgIpc) is 2.26. The van der Waals surface area contributed by atoms with Crippen LogP contribution in [0.5, 0.6) is 0 Å². The molecular weight excluding hydrogens is 582 g/mol. The maximum Gasteiger partial charge on any atom is 0.306 e. The number of nitrogens with two attached hydrogens (primary N) is 1. The number of carbonyl (C=O) groups is 1. The summed E-state index contributed by atoms with van der Waals surface area (Å²) < 4.78 is 3.09. The van der Waals surface area contributed by atoms with E-state index in [2.05, 4.69) is 67.8 Å². The Balaban J connectivity index is 0.00000289. The van der Waals surface area contributed by atoms with Gasteiger partial charge < -0.3 is 10.8 Å². The van der Waals surface area contributed by atoms with Gasteiger partial charge in [-0.15, -0.1) is 0 Å². The molecule has 0 aliphatic carbocycles. The van der Waals surface area contributed by atoms with Crippen molar-refractivity contribution >= 4 is 109 Å². The van der Waals surface area contributed by atoms with Gasteiger partial charge in [0.05, 0.1) is 11.6 Å². The van der Waals surface area contributed by atoms with Gasteiger partial charge in [0.15, 0.2) is 0 Å².